The summed E-state index contributed by atoms with van der Waals surface area (Å²) in [7, 11) is 0. The molecule has 1 aliphatic heterocycles. The molecule has 1 aromatic carbocycles. The minimum atomic E-state index is -0.284. The van der Waals surface area contributed by atoms with Crippen LogP contribution in [-0.4, -0.2) is 63.2 Å². The highest BCUT2D eigenvalue weighted by Crippen LogP contribution is 2.21. The monoisotopic (exact) mass is 380 g/mol. The van der Waals surface area contributed by atoms with Crippen molar-refractivity contribution in [3.05, 3.63) is 48.5 Å². The first-order valence-electron chi connectivity index (χ1n) is 9.50. The quantitative estimate of drug-likeness (QED) is 0.699. The maximum absolute atomic E-state index is 12.3. The summed E-state index contributed by atoms with van der Waals surface area (Å²) in [6, 6.07) is 9.47. The summed E-state index contributed by atoms with van der Waals surface area (Å²) in [4.78, 5) is 21.2. The minimum Gasteiger partial charge on any atom is -0.369 e. The molecule has 1 aliphatic rings. The highest BCUT2D eigenvalue weighted by atomic mass is 16.2. The zero-order valence-electron chi connectivity index (χ0n) is 15.9. The van der Waals surface area contributed by atoms with Crippen LogP contribution in [0, 0.1) is 0 Å². The van der Waals surface area contributed by atoms with Gasteiger partial charge in [-0.25, -0.2) is 9.78 Å². The lowest BCUT2D eigenvalue weighted by Gasteiger charge is -2.35. The van der Waals surface area contributed by atoms with Crippen LogP contribution in [0.4, 0.5) is 16.2 Å². The molecule has 2 aromatic heterocycles. The van der Waals surface area contributed by atoms with Gasteiger partial charge in [0.25, 0.3) is 5.78 Å². The van der Waals surface area contributed by atoms with Crippen molar-refractivity contribution in [2.24, 2.45) is 0 Å². The fraction of sp³-hybridized carbons (Fsp3) is 0.368. The van der Waals surface area contributed by atoms with Crippen LogP contribution in [0.5, 0.6) is 0 Å². The van der Waals surface area contributed by atoms with Crippen molar-refractivity contribution in [2.75, 3.05) is 42.9 Å². The largest absolute Gasteiger partial charge is 0.369 e. The van der Waals surface area contributed by atoms with E-state index in [1.165, 1.54) is 0 Å². The number of nitrogens with zero attached hydrogens (tertiary/aromatic N) is 6. The van der Waals surface area contributed by atoms with Crippen LogP contribution in [0.15, 0.2) is 42.7 Å². The number of hydrogen-bond donors (Lipinski definition) is 2. The number of carbonyl (C=O) groups is 1. The molecule has 2 N–H and O–H groups in total. The Balaban J connectivity index is 1.34. The van der Waals surface area contributed by atoms with E-state index in [9.17, 15) is 4.79 Å². The fourth-order valence-corrected chi connectivity index (χ4v) is 3.35. The van der Waals surface area contributed by atoms with Crippen LogP contribution in [0.25, 0.3) is 5.78 Å². The third-order valence-corrected chi connectivity index (χ3v) is 4.96. The number of aromatic nitrogens is 4. The zero-order chi connectivity index (χ0) is 19.3. The molecule has 0 spiro atoms. The number of nitrogens with one attached hydrogen (secondary N) is 2. The van der Waals surface area contributed by atoms with Crippen molar-refractivity contribution < 1.29 is 4.79 Å². The maximum Gasteiger partial charge on any atom is 0.319 e. The number of likely N-dealkylation sites (N-methyl/N-ethyl adjacent to an activating group) is 1. The van der Waals surface area contributed by atoms with E-state index < -0.39 is 0 Å². The number of piperazine rings is 1. The van der Waals surface area contributed by atoms with E-state index in [2.05, 4.69) is 48.6 Å². The Labute approximate surface area is 163 Å². The van der Waals surface area contributed by atoms with Crippen LogP contribution >= 0.6 is 0 Å². The molecule has 28 heavy (non-hydrogen) atoms. The molecule has 0 saturated carbocycles. The van der Waals surface area contributed by atoms with Gasteiger partial charge < -0.3 is 20.4 Å². The number of hydrogen-bond acceptors (Lipinski definition) is 6. The summed E-state index contributed by atoms with van der Waals surface area (Å²) >= 11 is 0. The van der Waals surface area contributed by atoms with Crippen molar-refractivity contribution in [1.29, 1.82) is 0 Å². The van der Waals surface area contributed by atoms with Crippen LogP contribution in [0.3, 0.4) is 0 Å². The van der Waals surface area contributed by atoms with E-state index in [1.54, 1.807) is 16.7 Å². The molecule has 3 heterocycles. The second-order valence-corrected chi connectivity index (χ2v) is 6.69. The first-order chi connectivity index (χ1) is 13.7. The molecule has 1 fully saturated rings. The van der Waals surface area contributed by atoms with Gasteiger partial charge in [0.1, 0.15) is 0 Å². The second-order valence-electron chi connectivity index (χ2n) is 6.69. The average Bonchev–Trinajstić information content (AvgIpc) is 3.16. The average molecular weight is 380 g/mol. The Morgan fingerprint density at radius 1 is 1.14 bits per heavy atom. The molecule has 146 valence electrons. The standard InChI is InChI=1S/C19H24N8O/c1-2-25-9-11-26(12-10-25)16-6-3-5-15(13-16)22-19(28)21-14-17-23-24-18-20-7-4-8-27(17)18/h3-8,13H,2,9-12,14H2,1H3,(H2,21,22,28). The van der Waals surface area contributed by atoms with E-state index in [4.69, 9.17) is 0 Å². The third-order valence-electron chi connectivity index (χ3n) is 4.96. The highest BCUT2D eigenvalue weighted by molar-refractivity contribution is 5.89. The summed E-state index contributed by atoms with van der Waals surface area (Å²) < 4.78 is 1.75. The van der Waals surface area contributed by atoms with Gasteiger partial charge in [-0.1, -0.05) is 13.0 Å². The van der Waals surface area contributed by atoms with Crippen LogP contribution < -0.4 is 15.5 Å². The summed E-state index contributed by atoms with van der Waals surface area (Å²) in [5.74, 6) is 1.14. The summed E-state index contributed by atoms with van der Waals surface area (Å²) in [5.41, 5.74) is 1.89. The molecule has 0 unspecified atom stereocenters. The van der Waals surface area contributed by atoms with E-state index in [1.807, 2.05) is 24.4 Å². The molecule has 2 amide bonds. The molecule has 9 heteroatoms. The van der Waals surface area contributed by atoms with Crippen LogP contribution in [0.2, 0.25) is 0 Å². The van der Waals surface area contributed by atoms with Gasteiger partial charge >= 0.3 is 6.03 Å². The summed E-state index contributed by atoms with van der Waals surface area (Å²) in [6.45, 7) is 7.67. The second kappa shape index (κ2) is 8.22. The molecule has 0 radical (unpaired) electrons. The van der Waals surface area contributed by atoms with E-state index >= 15 is 0 Å². The number of amides is 2. The Bertz CT molecular complexity index is 948. The number of anilines is 2. The number of rotatable bonds is 5. The van der Waals surface area contributed by atoms with E-state index in [0.717, 1.165) is 44.1 Å². The Morgan fingerprint density at radius 2 is 2.00 bits per heavy atom. The molecule has 1 saturated heterocycles. The first kappa shape index (κ1) is 18.2. The topological polar surface area (TPSA) is 90.7 Å². The molecule has 9 nitrogen and oxygen atoms in total. The van der Waals surface area contributed by atoms with Crippen molar-refractivity contribution >= 4 is 23.2 Å². The Hall–Kier alpha value is -3.20. The van der Waals surface area contributed by atoms with Crippen molar-refractivity contribution in [3.63, 3.8) is 0 Å². The van der Waals surface area contributed by atoms with E-state index in [-0.39, 0.29) is 12.6 Å². The van der Waals surface area contributed by atoms with Gasteiger partial charge in [-0.2, -0.15) is 0 Å². The maximum atomic E-state index is 12.3. The summed E-state index contributed by atoms with van der Waals surface area (Å²) in [5, 5.41) is 13.7. The van der Waals surface area contributed by atoms with Gasteiger partial charge in [-0.3, -0.25) is 4.40 Å². The molecule has 0 aliphatic carbocycles. The molecule has 0 atom stereocenters. The van der Waals surface area contributed by atoms with Crippen molar-refractivity contribution in [2.45, 2.75) is 13.5 Å². The lowest BCUT2D eigenvalue weighted by molar-refractivity contribution is 0.251. The van der Waals surface area contributed by atoms with Crippen molar-refractivity contribution in [1.82, 2.24) is 29.8 Å². The Morgan fingerprint density at radius 3 is 2.82 bits per heavy atom. The minimum absolute atomic E-state index is 0.261. The van der Waals surface area contributed by atoms with Gasteiger partial charge in [0, 0.05) is 49.9 Å². The normalized spacial score (nSPS) is 15.0. The predicted octanol–water partition coefficient (Wildman–Crippen LogP) is 1.59. The zero-order valence-corrected chi connectivity index (χ0v) is 15.9. The number of benzene rings is 1. The smallest absolute Gasteiger partial charge is 0.319 e. The van der Waals surface area contributed by atoms with Crippen LogP contribution in [-0.2, 0) is 6.54 Å². The first-order valence-corrected chi connectivity index (χ1v) is 9.50. The van der Waals surface area contributed by atoms with Gasteiger partial charge in [0.2, 0.25) is 0 Å². The van der Waals surface area contributed by atoms with E-state index in [0.29, 0.717) is 11.6 Å². The van der Waals surface area contributed by atoms with Gasteiger partial charge in [-0.15, -0.1) is 10.2 Å². The summed E-state index contributed by atoms with van der Waals surface area (Å²) in [6.07, 6.45) is 3.47. The predicted molar refractivity (Wildman–Crippen MR) is 107 cm³/mol. The van der Waals surface area contributed by atoms with Gasteiger partial charge in [-0.05, 0) is 30.8 Å². The number of carbonyl (C=O) groups excluding carboxylic acids is 1. The Kier molecular flexibility index (Phi) is 5.34. The molecule has 3 aromatic rings. The number of fused-ring (bicyclic) bond motifs is 1. The SMILES string of the molecule is CCN1CCN(c2cccc(NC(=O)NCc3nnc4ncccn34)c2)CC1. The van der Waals surface area contributed by atoms with Crippen LogP contribution in [0.1, 0.15) is 12.7 Å². The third kappa shape index (κ3) is 4.04. The number of urea groups is 1. The fourth-order valence-electron chi connectivity index (χ4n) is 3.35. The molecule has 0 bridgehead atoms. The lowest BCUT2D eigenvalue weighted by Crippen LogP contribution is -2.46. The highest BCUT2D eigenvalue weighted by Gasteiger charge is 2.16. The lowest BCUT2D eigenvalue weighted by atomic mass is 10.2. The van der Waals surface area contributed by atoms with Gasteiger partial charge in [0.15, 0.2) is 5.82 Å². The molecular formula is C19H24N8O. The molecular weight excluding hydrogens is 356 g/mol. The molecule has 4 rings (SSSR count). The van der Waals surface area contributed by atoms with Crippen molar-refractivity contribution in [3.8, 4) is 0 Å². The van der Waals surface area contributed by atoms with Gasteiger partial charge in [0.05, 0.1) is 6.54 Å².